The number of rotatable bonds is 4. The Morgan fingerprint density at radius 2 is 1.47 bits per heavy atom. The van der Waals surface area contributed by atoms with Crippen molar-refractivity contribution >= 4 is 51.8 Å². The van der Waals surface area contributed by atoms with Crippen molar-refractivity contribution in [3.63, 3.8) is 0 Å². The molecule has 0 N–H and O–H groups in total. The maximum atomic E-state index is 2.82. The molecular weight excluding hydrogens is 795 g/mol. The molecule has 64 heavy (non-hydrogen) atoms. The van der Waals surface area contributed by atoms with Gasteiger partial charge in [0.15, 0.2) is 0 Å². The van der Waals surface area contributed by atoms with Crippen LogP contribution in [0.5, 0.6) is 0 Å². The Hall–Kier alpha value is -5.97. The summed E-state index contributed by atoms with van der Waals surface area (Å²) in [5, 5.41) is 0. The lowest BCUT2D eigenvalue weighted by molar-refractivity contribution is 0.536. The number of benzene rings is 5. The van der Waals surface area contributed by atoms with Crippen molar-refractivity contribution in [2.45, 2.75) is 107 Å². The fourth-order valence-corrected chi connectivity index (χ4v) is 14.1. The highest BCUT2D eigenvalue weighted by atomic mass is 32.2. The molecule has 0 saturated carbocycles. The highest BCUT2D eigenvalue weighted by Gasteiger charge is 2.52. The fraction of sp³-hybridized carbons (Fsp3) is 0.267. The number of hydrogen-bond donors (Lipinski definition) is 0. The molecule has 0 spiro atoms. The van der Waals surface area contributed by atoms with Crippen LogP contribution < -0.4 is 9.80 Å². The Morgan fingerprint density at radius 1 is 0.750 bits per heavy atom. The summed E-state index contributed by atoms with van der Waals surface area (Å²) in [6.07, 6.45) is 20.6. The van der Waals surface area contributed by atoms with Crippen molar-refractivity contribution < 1.29 is 0 Å². The summed E-state index contributed by atoms with van der Waals surface area (Å²) < 4.78 is 2.81. The predicted molar refractivity (Wildman–Crippen MR) is 270 cm³/mol. The van der Waals surface area contributed by atoms with E-state index >= 15 is 0 Å². The van der Waals surface area contributed by atoms with Crippen LogP contribution in [0.2, 0.25) is 0 Å². The van der Waals surface area contributed by atoms with E-state index in [1.54, 1.807) is 0 Å². The molecule has 7 aliphatic rings. The third kappa shape index (κ3) is 5.18. The van der Waals surface area contributed by atoms with Gasteiger partial charge in [-0.3, -0.25) is 0 Å². The van der Waals surface area contributed by atoms with E-state index in [4.69, 9.17) is 0 Å². The second kappa shape index (κ2) is 13.5. The lowest BCUT2D eigenvalue weighted by Gasteiger charge is -2.49. The molecule has 3 unspecified atom stereocenters. The van der Waals surface area contributed by atoms with E-state index in [-0.39, 0.29) is 28.7 Å². The largest absolute Gasteiger partial charge is 0.333 e. The lowest BCUT2D eigenvalue weighted by atomic mass is 9.67. The number of aryl methyl sites for hydroxylation is 2. The van der Waals surface area contributed by atoms with Crippen LogP contribution in [-0.2, 0) is 10.8 Å². The summed E-state index contributed by atoms with van der Waals surface area (Å²) in [6.45, 7) is 16.7. The molecule has 0 radical (unpaired) electrons. The van der Waals surface area contributed by atoms with Crippen LogP contribution in [0.25, 0.3) is 17.3 Å². The third-order valence-electron chi connectivity index (χ3n) is 15.8. The Balaban J connectivity index is 1.13. The number of thioether (sulfide) groups is 1. The zero-order valence-electron chi connectivity index (χ0n) is 38.0. The summed E-state index contributed by atoms with van der Waals surface area (Å²) in [7, 11) is 0. The average molecular weight is 850 g/mol. The van der Waals surface area contributed by atoms with Crippen LogP contribution in [-0.4, -0.2) is 10.6 Å². The SMILES string of the molecule is Cc1ccccc1N(c1ccc2c(c1)N(C1C=CC=C3Sc4ccccc4C31)c1cc(C(C)(C)C)cc3c1[C@H]2C1CC=Cc2c4c(n-3c21)C1=CCCC=C1C4(C)C)c1ccccc1C. The van der Waals surface area contributed by atoms with Crippen molar-refractivity contribution in [1.82, 2.24) is 4.57 Å². The van der Waals surface area contributed by atoms with Crippen LogP contribution in [0.4, 0.5) is 28.4 Å². The molecule has 1 aromatic heterocycles. The molecule has 4 heteroatoms. The Bertz CT molecular complexity index is 3150. The van der Waals surface area contributed by atoms with Crippen molar-refractivity contribution in [2.75, 3.05) is 9.80 Å². The average Bonchev–Trinajstić information content (AvgIpc) is 3.93. The molecule has 3 nitrogen and oxygen atoms in total. The first-order valence-corrected chi connectivity index (χ1v) is 24.4. The van der Waals surface area contributed by atoms with E-state index in [2.05, 4.69) is 208 Å². The molecule has 0 bridgehead atoms. The first-order valence-electron chi connectivity index (χ1n) is 23.6. The van der Waals surface area contributed by atoms with E-state index in [0.29, 0.717) is 5.92 Å². The first-order chi connectivity index (χ1) is 31.0. The number of hydrogen-bond acceptors (Lipinski definition) is 3. The van der Waals surface area contributed by atoms with Gasteiger partial charge in [0.25, 0.3) is 0 Å². The van der Waals surface area contributed by atoms with Gasteiger partial charge in [-0.05, 0) is 130 Å². The minimum absolute atomic E-state index is 0.0651. The summed E-state index contributed by atoms with van der Waals surface area (Å²) in [4.78, 5) is 8.15. The molecule has 316 valence electrons. The summed E-state index contributed by atoms with van der Waals surface area (Å²) in [5.41, 5.74) is 24.8. The normalized spacial score (nSPS) is 22.3. The van der Waals surface area contributed by atoms with Crippen LogP contribution in [0, 0.1) is 13.8 Å². The van der Waals surface area contributed by atoms with Gasteiger partial charge < -0.3 is 14.4 Å². The van der Waals surface area contributed by atoms with Crippen LogP contribution in [0.1, 0.15) is 128 Å². The molecule has 4 atom stereocenters. The molecule has 4 aliphatic carbocycles. The molecule has 0 saturated heterocycles. The number of aromatic nitrogens is 1. The summed E-state index contributed by atoms with van der Waals surface area (Å²) in [6, 6.07) is 39.8. The molecule has 0 amide bonds. The Morgan fingerprint density at radius 3 is 2.23 bits per heavy atom. The fourth-order valence-electron chi connectivity index (χ4n) is 12.9. The first kappa shape index (κ1) is 38.5. The standard InChI is InChI=1S/C60H55N3S/c1-35-18-8-13-25-45(35)61(46-26-14-9-19-36(46)2)38-30-31-40-48(34-38)62(47-27-17-29-52-54(47)41-21-11-15-28-51(41)64-52)49-32-37(59(3,4)5)33-50-55(49)53(40)42-22-16-23-43-56-58(63(50)57(42)43)39-20-10-12-24-44(39)60(56,6)7/h8-9,11,13-21,23-34,42,47,53-54H,10,12,22H2,1-7H3/t42?,47?,53-,54?/m1/s1. The minimum Gasteiger partial charge on any atom is -0.333 e. The van der Waals surface area contributed by atoms with Crippen LogP contribution in [0.15, 0.2) is 155 Å². The van der Waals surface area contributed by atoms with Gasteiger partial charge in [0.2, 0.25) is 0 Å². The van der Waals surface area contributed by atoms with Gasteiger partial charge in [-0.25, -0.2) is 0 Å². The second-order valence-corrected chi connectivity index (χ2v) is 21.9. The van der Waals surface area contributed by atoms with Gasteiger partial charge in [-0.2, -0.15) is 0 Å². The minimum atomic E-state index is -0.0772. The molecule has 0 fully saturated rings. The number of para-hydroxylation sites is 2. The zero-order valence-corrected chi connectivity index (χ0v) is 38.9. The van der Waals surface area contributed by atoms with E-state index in [1.165, 1.54) is 111 Å². The maximum absolute atomic E-state index is 2.82. The smallest absolute Gasteiger partial charge is 0.0640 e. The number of allylic oxidation sites excluding steroid dienone is 7. The molecule has 3 aliphatic heterocycles. The zero-order chi connectivity index (χ0) is 43.4. The van der Waals surface area contributed by atoms with Gasteiger partial charge in [-0.15, -0.1) is 0 Å². The van der Waals surface area contributed by atoms with Gasteiger partial charge in [-0.1, -0.05) is 150 Å². The monoisotopic (exact) mass is 849 g/mol. The molecule has 4 heterocycles. The van der Waals surface area contributed by atoms with Crippen LogP contribution >= 0.6 is 11.8 Å². The van der Waals surface area contributed by atoms with Crippen molar-refractivity contribution in [3.05, 3.63) is 206 Å². The summed E-state index contributed by atoms with van der Waals surface area (Å²) >= 11 is 1.96. The topological polar surface area (TPSA) is 11.4 Å². The van der Waals surface area contributed by atoms with E-state index < -0.39 is 0 Å². The maximum Gasteiger partial charge on any atom is 0.0640 e. The quantitative estimate of drug-likeness (QED) is 0.175. The molecule has 13 rings (SSSR count). The number of nitrogens with zero attached hydrogens (tertiary/aromatic N) is 3. The molecular formula is C60H55N3S. The van der Waals surface area contributed by atoms with Gasteiger partial charge in [0.1, 0.15) is 0 Å². The van der Waals surface area contributed by atoms with Crippen molar-refractivity contribution in [1.29, 1.82) is 0 Å². The third-order valence-corrected chi connectivity index (χ3v) is 17.0. The molecule has 6 aromatic rings. The second-order valence-electron chi connectivity index (χ2n) is 20.8. The lowest BCUT2D eigenvalue weighted by Crippen LogP contribution is -2.41. The van der Waals surface area contributed by atoms with Crippen molar-refractivity contribution in [2.24, 2.45) is 0 Å². The highest BCUT2D eigenvalue weighted by molar-refractivity contribution is 8.03. The van der Waals surface area contributed by atoms with Gasteiger partial charge in [0.05, 0.1) is 17.4 Å². The number of anilines is 5. The van der Waals surface area contributed by atoms with Gasteiger partial charge in [0, 0.05) is 73.3 Å². The van der Waals surface area contributed by atoms with E-state index in [0.717, 1.165) is 19.3 Å². The predicted octanol–water partition coefficient (Wildman–Crippen LogP) is 16.1. The van der Waals surface area contributed by atoms with E-state index in [9.17, 15) is 0 Å². The highest BCUT2D eigenvalue weighted by Crippen LogP contribution is 2.66. The van der Waals surface area contributed by atoms with Crippen LogP contribution in [0.3, 0.4) is 0 Å². The van der Waals surface area contributed by atoms with E-state index in [1.807, 2.05) is 11.8 Å². The van der Waals surface area contributed by atoms with Gasteiger partial charge >= 0.3 is 0 Å². The number of fused-ring (bicyclic) bond motifs is 12. The summed E-state index contributed by atoms with van der Waals surface area (Å²) in [5.74, 6) is 0.722. The Kier molecular flexibility index (Phi) is 8.14. The van der Waals surface area contributed by atoms with Crippen molar-refractivity contribution in [3.8, 4) is 5.69 Å². The Labute approximate surface area is 383 Å². The molecule has 5 aromatic carbocycles.